The number of anilines is 1. The summed E-state index contributed by atoms with van der Waals surface area (Å²) in [4.78, 5) is 17.4. The van der Waals surface area contributed by atoms with Gasteiger partial charge in [0.2, 0.25) is 0 Å². The van der Waals surface area contributed by atoms with Crippen molar-refractivity contribution in [3.8, 4) is 0 Å². The number of halogens is 2. The second kappa shape index (κ2) is 11.8. The third-order valence-corrected chi connectivity index (χ3v) is 6.29. The smallest absolute Gasteiger partial charge is 0.176 e. The zero-order valence-electron chi connectivity index (χ0n) is 18.7. The number of rotatable bonds is 7. The number of carbonyl (C=O) groups is 1. The van der Waals surface area contributed by atoms with Gasteiger partial charge < -0.3 is 10.6 Å². The zero-order chi connectivity index (χ0) is 21.6. The van der Waals surface area contributed by atoms with Gasteiger partial charge in [-0.05, 0) is 43.5 Å². The summed E-state index contributed by atoms with van der Waals surface area (Å²) >= 11 is 0. The number of benzene rings is 2. The third-order valence-electron chi connectivity index (χ3n) is 6.29. The summed E-state index contributed by atoms with van der Waals surface area (Å²) in [5.41, 5.74) is 2.87. The highest BCUT2D eigenvalue weighted by Crippen LogP contribution is 2.18. The fourth-order valence-corrected chi connectivity index (χ4v) is 4.55. The van der Waals surface area contributed by atoms with Crippen LogP contribution in [-0.2, 0) is 6.54 Å². The van der Waals surface area contributed by atoms with E-state index in [1.807, 2.05) is 18.2 Å². The fraction of sp³-hybridized carbons (Fsp3) is 0.480. The van der Waals surface area contributed by atoms with E-state index < -0.39 is 0 Å². The van der Waals surface area contributed by atoms with Crippen molar-refractivity contribution in [2.75, 3.05) is 44.6 Å². The number of Topliss-reactive ketones (excluding diaryl/α,β-unsaturated/α-hetero) is 1. The number of hydrogen-bond donors (Lipinski definition) is 2. The van der Waals surface area contributed by atoms with Crippen molar-refractivity contribution in [3.05, 3.63) is 65.5 Å². The number of likely N-dealkylation sites (tertiary alicyclic amines) is 1. The number of ketones is 1. The van der Waals surface area contributed by atoms with Crippen LogP contribution >= 0.6 is 12.4 Å². The first-order valence-electron chi connectivity index (χ1n) is 11.4. The van der Waals surface area contributed by atoms with Crippen molar-refractivity contribution in [2.45, 2.75) is 38.4 Å². The molecule has 4 rings (SSSR count). The Labute approximate surface area is 196 Å². The normalized spacial score (nSPS) is 20.5. The van der Waals surface area contributed by atoms with Crippen LogP contribution in [0.3, 0.4) is 0 Å². The molecule has 0 aliphatic carbocycles. The maximum Gasteiger partial charge on any atom is 0.176 e. The van der Waals surface area contributed by atoms with Crippen molar-refractivity contribution < 1.29 is 9.18 Å². The first-order chi connectivity index (χ1) is 15.0. The fourth-order valence-electron chi connectivity index (χ4n) is 4.55. The molecule has 5 nitrogen and oxygen atoms in total. The Bertz CT molecular complexity index is 871. The second-order valence-electron chi connectivity index (χ2n) is 8.92. The molecular formula is C25H34ClFN4O. The van der Waals surface area contributed by atoms with E-state index in [1.54, 1.807) is 6.07 Å². The number of nitrogens with zero attached hydrogens (tertiary/aromatic N) is 2. The summed E-state index contributed by atoms with van der Waals surface area (Å²) in [5.74, 6) is -0.0413. The van der Waals surface area contributed by atoms with E-state index >= 15 is 0 Å². The molecule has 7 heteroatoms. The molecule has 2 aliphatic heterocycles. The molecule has 0 aromatic heterocycles. The topological polar surface area (TPSA) is 47.6 Å². The van der Waals surface area contributed by atoms with Crippen LogP contribution in [-0.4, -0.2) is 66.9 Å². The van der Waals surface area contributed by atoms with Gasteiger partial charge in [0.25, 0.3) is 0 Å². The molecule has 2 saturated heterocycles. The van der Waals surface area contributed by atoms with Crippen molar-refractivity contribution in [2.24, 2.45) is 0 Å². The van der Waals surface area contributed by atoms with Crippen molar-refractivity contribution >= 4 is 23.9 Å². The number of piperazine rings is 1. The van der Waals surface area contributed by atoms with Gasteiger partial charge in [-0.15, -0.1) is 12.4 Å². The van der Waals surface area contributed by atoms with Crippen LogP contribution in [0.4, 0.5) is 10.1 Å². The second-order valence-corrected chi connectivity index (χ2v) is 8.92. The Kier molecular flexibility index (Phi) is 9.05. The van der Waals surface area contributed by atoms with Gasteiger partial charge in [0.05, 0.1) is 6.54 Å². The molecule has 2 aromatic rings. The van der Waals surface area contributed by atoms with E-state index in [0.29, 0.717) is 18.6 Å². The first-order valence-corrected chi connectivity index (χ1v) is 11.4. The summed E-state index contributed by atoms with van der Waals surface area (Å²) in [5, 5.41) is 6.88. The molecule has 0 bridgehead atoms. The lowest BCUT2D eigenvalue weighted by Crippen LogP contribution is -2.48. The molecule has 1 unspecified atom stereocenters. The molecule has 32 heavy (non-hydrogen) atoms. The molecule has 174 valence electrons. The largest absolute Gasteiger partial charge is 0.382 e. The van der Waals surface area contributed by atoms with Gasteiger partial charge in [0, 0.05) is 62.6 Å². The lowest BCUT2D eigenvalue weighted by atomic mass is 10.0. The first kappa shape index (κ1) is 24.6. The molecular weight excluding hydrogens is 427 g/mol. The lowest BCUT2D eigenvalue weighted by Gasteiger charge is -2.32. The van der Waals surface area contributed by atoms with Crippen LogP contribution in [0.15, 0.2) is 48.5 Å². The minimum atomic E-state index is -0.221. The maximum absolute atomic E-state index is 13.4. The monoisotopic (exact) mass is 460 g/mol. The number of hydrogen-bond acceptors (Lipinski definition) is 5. The molecule has 2 N–H and O–H groups in total. The van der Waals surface area contributed by atoms with Crippen LogP contribution in [0.2, 0.25) is 0 Å². The van der Waals surface area contributed by atoms with E-state index in [-0.39, 0.29) is 24.0 Å². The van der Waals surface area contributed by atoms with E-state index in [2.05, 4.69) is 39.5 Å². The Hall–Kier alpha value is -1.99. The molecule has 2 heterocycles. The van der Waals surface area contributed by atoms with Gasteiger partial charge in [0.1, 0.15) is 5.82 Å². The SMILES string of the molecule is CC1CN(Cc2ccc(C(=O)CN3CCC(Nc4cccc(F)c4)CC3)cc2)CCN1.Cl. The summed E-state index contributed by atoms with van der Waals surface area (Å²) in [7, 11) is 0. The van der Waals surface area contributed by atoms with Crippen LogP contribution in [0.1, 0.15) is 35.7 Å². The average molecular weight is 461 g/mol. The van der Waals surface area contributed by atoms with Gasteiger partial charge in [-0.25, -0.2) is 4.39 Å². The van der Waals surface area contributed by atoms with Crippen molar-refractivity contribution in [1.82, 2.24) is 15.1 Å². The minimum Gasteiger partial charge on any atom is -0.382 e. The van der Waals surface area contributed by atoms with E-state index in [4.69, 9.17) is 0 Å². The Morgan fingerprint density at radius 3 is 2.53 bits per heavy atom. The quantitative estimate of drug-likeness (QED) is 0.615. The van der Waals surface area contributed by atoms with Crippen molar-refractivity contribution in [1.29, 1.82) is 0 Å². The lowest BCUT2D eigenvalue weighted by molar-refractivity contribution is 0.0912. The van der Waals surface area contributed by atoms with E-state index in [0.717, 1.165) is 63.4 Å². The van der Waals surface area contributed by atoms with Gasteiger partial charge in [-0.3, -0.25) is 14.6 Å². The Balaban J connectivity index is 0.00000289. The Morgan fingerprint density at radius 1 is 1.09 bits per heavy atom. The van der Waals surface area contributed by atoms with E-state index in [1.165, 1.54) is 17.7 Å². The summed E-state index contributed by atoms with van der Waals surface area (Å²) in [6, 6.07) is 15.6. The van der Waals surface area contributed by atoms with E-state index in [9.17, 15) is 9.18 Å². The highest BCUT2D eigenvalue weighted by Gasteiger charge is 2.21. The van der Waals surface area contributed by atoms with Crippen LogP contribution in [0.25, 0.3) is 0 Å². The molecule has 2 aliphatic rings. The summed E-state index contributed by atoms with van der Waals surface area (Å²) in [6.07, 6.45) is 1.90. The maximum atomic E-state index is 13.4. The molecule has 0 spiro atoms. The zero-order valence-corrected chi connectivity index (χ0v) is 19.5. The molecule has 2 aromatic carbocycles. The highest BCUT2D eigenvalue weighted by molar-refractivity contribution is 5.97. The predicted molar refractivity (Wildman–Crippen MR) is 130 cm³/mol. The summed E-state index contributed by atoms with van der Waals surface area (Å²) < 4.78 is 13.4. The minimum absolute atomic E-state index is 0. The average Bonchev–Trinajstić information content (AvgIpc) is 2.76. The molecule has 1 atom stereocenters. The van der Waals surface area contributed by atoms with Gasteiger partial charge >= 0.3 is 0 Å². The summed E-state index contributed by atoms with van der Waals surface area (Å²) in [6.45, 7) is 8.52. The van der Waals surface area contributed by atoms with Crippen LogP contribution < -0.4 is 10.6 Å². The van der Waals surface area contributed by atoms with Gasteiger partial charge in [-0.1, -0.05) is 30.3 Å². The number of piperidine rings is 1. The standard InChI is InChI=1S/C25H33FN4O.ClH/c1-19-16-30(14-11-27-19)17-20-5-7-21(8-6-20)25(31)18-29-12-9-23(10-13-29)28-24-4-2-3-22(26)15-24;/h2-8,15,19,23,27-28H,9-14,16-18H2,1H3;1H. The van der Waals surface area contributed by atoms with Crippen LogP contribution in [0.5, 0.6) is 0 Å². The number of nitrogens with one attached hydrogen (secondary N) is 2. The van der Waals surface area contributed by atoms with Gasteiger partial charge in [0.15, 0.2) is 5.78 Å². The molecule has 2 fully saturated rings. The highest BCUT2D eigenvalue weighted by atomic mass is 35.5. The van der Waals surface area contributed by atoms with Gasteiger partial charge in [-0.2, -0.15) is 0 Å². The third kappa shape index (κ3) is 7.01. The number of carbonyl (C=O) groups excluding carboxylic acids is 1. The Morgan fingerprint density at radius 2 is 1.84 bits per heavy atom. The molecule has 0 saturated carbocycles. The molecule has 0 radical (unpaired) electrons. The molecule has 0 amide bonds. The van der Waals surface area contributed by atoms with Crippen molar-refractivity contribution in [3.63, 3.8) is 0 Å². The van der Waals surface area contributed by atoms with Crippen LogP contribution in [0, 0.1) is 5.82 Å². The predicted octanol–water partition coefficient (Wildman–Crippen LogP) is 3.80.